The Morgan fingerprint density at radius 1 is 1.33 bits per heavy atom. The average Bonchev–Trinajstić information content (AvgIpc) is 2.53. The van der Waals surface area contributed by atoms with Gasteiger partial charge in [-0.3, -0.25) is 0 Å². The van der Waals surface area contributed by atoms with Crippen LogP contribution in [0.3, 0.4) is 0 Å². The Morgan fingerprint density at radius 3 is 2.71 bits per heavy atom. The van der Waals surface area contributed by atoms with E-state index in [2.05, 4.69) is 0 Å². The second kappa shape index (κ2) is 5.84. The van der Waals surface area contributed by atoms with Crippen LogP contribution in [0.2, 0.25) is 0 Å². The summed E-state index contributed by atoms with van der Waals surface area (Å²) in [5.74, 6) is -2.30. The van der Waals surface area contributed by atoms with Crippen LogP contribution in [0.4, 0.5) is 4.39 Å². The molecule has 1 aliphatic rings. The number of fused-ring (bicyclic) bond motifs is 1. The summed E-state index contributed by atoms with van der Waals surface area (Å²) >= 11 is 0. The van der Waals surface area contributed by atoms with Crippen molar-refractivity contribution in [1.29, 1.82) is 0 Å². The Morgan fingerprint density at radius 2 is 2.04 bits per heavy atom. The highest BCUT2D eigenvalue weighted by molar-refractivity contribution is 5.92. The highest BCUT2D eigenvalue weighted by atomic mass is 19.1. The van der Waals surface area contributed by atoms with E-state index in [4.69, 9.17) is 19.6 Å². The van der Waals surface area contributed by atoms with Gasteiger partial charge in [-0.15, -0.1) is 0 Å². The molecule has 6 nitrogen and oxygen atoms in total. The monoisotopic (exact) mass is 331 g/mol. The van der Waals surface area contributed by atoms with Crippen molar-refractivity contribution < 1.29 is 23.1 Å². The molecule has 7 heteroatoms. The summed E-state index contributed by atoms with van der Waals surface area (Å²) in [6.45, 7) is 1.57. The van der Waals surface area contributed by atoms with Gasteiger partial charge in [-0.05, 0) is 13.0 Å². The Balaban J connectivity index is 2.35. The van der Waals surface area contributed by atoms with Crippen LogP contribution in [0.25, 0.3) is 0 Å². The Hall–Kier alpha value is -3.09. The molecular weight excluding hydrogens is 317 g/mol. The predicted octanol–water partition coefficient (Wildman–Crippen LogP) is 1.95. The second-order valence-corrected chi connectivity index (χ2v) is 5.25. The van der Waals surface area contributed by atoms with Gasteiger partial charge < -0.3 is 19.6 Å². The van der Waals surface area contributed by atoms with Gasteiger partial charge in [0.15, 0.2) is 0 Å². The minimum Gasteiger partial charge on any atom is -0.465 e. The molecule has 0 fully saturated rings. The molecule has 0 unspecified atom stereocenters. The number of halogens is 1. The zero-order valence-corrected chi connectivity index (χ0v) is 13.0. The fraction of sp³-hybridized carbons (Fsp3) is 0.176. The van der Waals surface area contributed by atoms with Crippen LogP contribution in [0.1, 0.15) is 22.8 Å². The standard InChI is InChI=1S/C17H14FNO5/c1-8-7-11-13(17(21)23-8)12(9-5-3-4-6-10(9)18)14(15(19)24-11)16(20)22-2/h3-7,12H,19H2,1-2H3/t12-/m1/s1. The van der Waals surface area contributed by atoms with Crippen LogP contribution in [0.5, 0.6) is 5.75 Å². The topological polar surface area (TPSA) is 91.8 Å². The molecule has 0 spiro atoms. The van der Waals surface area contributed by atoms with Gasteiger partial charge in [-0.2, -0.15) is 0 Å². The maximum atomic E-state index is 14.4. The number of hydrogen-bond acceptors (Lipinski definition) is 6. The molecule has 1 atom stereocenters. The summed E-state index contributed by atoms with van der Waals surface area (Å²) in [5.41, 5.74) is 5.07. The number of benzene rings is 1. The van der Waals surface area contributed by atoms with Crippen molar-refractivity contribution in [3.8, 4) is 5.75 Å². The second-order valence-electron chi connectivity index (χ2n) is 5.25. The first kappa shape index (κ1) is 15.8. The van der Waals surface area contributed by atoms with Gasteiger partial charge in [0.05, 0.1) is 18.6 Å². The van der Waals surface area contributed by atoms with Crippen molar-refractivity contribution in [3.05, 3.63) is 74.9 Å². The number of nitrogens with two attached hydrogens (primary N) is 1. The molecule has 0 bridgehead atoms. The normalized spacial score (nSPS) is 16.4. The smallest absolute Gasteiger partial charge is 0.343 e. The molecule has 3 rings (SSSR count). The van der Waals surface area contributed by atoms with Gasteiger partial charge in [0.1, 0.15) is 22.9 Å². The van der Waals surface area contributed by atoms with Crippen molar-refractivity contribution in [3.63, 3.8) is 0 Å². The molecule has 0 saturated carbocycles. The van der Waals surface area contributed by atoms with Crippen molar-refractivity contribution in [2.75, 3.05) is 7.11 Å². The third-order valence-corrected chi connectivity index (χ3v) is 3.76. The Labute approximate surface area is 136 Å². The van der Waals surface area contributed by atoms with Crippen molar-refractivity contribution in [2.45, 2.75) is 12.8 Å². The van der Waals surface area contributed by atoms with Crippen LogP contribution >= 0.6 is 0 Å². The molecule has 2 N–H and O–H groups in total. The van der Waals surface area contributed by atoms with Crippen LogP contribution in [-0.2, 0) is 9.53 Å². The van der Waals surface area contributed by atoms with Crippen LogP contribution in [-0.4, -0.2) is 13.1 Å². The summed E-state index contributed by atoms with van der Waals surface area (Å²) in [6, 6.07) is 7.25. The lowest BCUT2D eigenvalue weighted by Crippen LogP contribution is -2.31. The van der Waals surface area contributed by atoms with E-state index >= 15 is 0 Å². The summed E-state index contributed by atoms with van der Waals surface area (Å²) in [6.07, 6.45) is 0. The fourth-order valence-electron chi connectivity index (χ4n) is 2.75. The van der Waals surface area contributed by atoms with Crippen molar-refractivity contribution >= 4 is 5.97 Å². The van der Waals surface area contributed by atoms with Gasteiger partial charge in [0, 0.05) is 11.6 Å². The first-order valence-corrected chi connectivity index (χ1v) is 7.09. The van der Waals surface area contributed by atoms with Crippen molar-refractivity contribution in [1.82, 2.24) is 0 Å². The molecule has 0 amide bonds. The van der Waals surface area contributed by atoms with E-state index in [0.29, 0.717) is 5.76 Å². The molecule has 0 radical (unpaired) electrons. The number of ether oxygens (including phenoxy) is 2. The van der Waals surface area contributed by atoms with Crippen LogP contribution in [0.15, 0.2) is 51.0 Å². The van der Waals surface area contributed by atoms with Gasteiger partial charge in [-0.1, -0.05) is 18.2 Å². The van der Waals surface area contributed by atoms with E-state index in [1.807, 2.05) is 0 Å². The molecule has 24 heavy (non-hydrogen) atoms. The lowest BCUT2D eigenvalue weighted by molar-refractivity contribution is -0.136. The minimum absolute atomic E-state index is 0.000278. The Kier molecular flexibility index (Phi) is 3.84. The average molecular weight is 331 g/mol. The number of esters is 1. The SMILES string of the molecule is COC(=O)C1=C(N)Oc2cc(C)oc(=O)c2[C@H]1c1ccccc1F. The number of methoxy groups -OCH3 is 1. The largest absolute Gasteiger partial charge is 0.465 e. The number of rotatable bonds is 2. The number of carbonyl (C=O) groups excluding carboxylic acids is 1. The maximum absolute atomic E-state index is 14.4. The van der Waals surface area contributed by atoms with E-state index in [1.165, 1.54) is 24.3 Å². The van der Waals surface area contributed by atoms with E-state index < -0.39 is 23.3 Å². The van der Waals surface area contributed by atoms with Gasteiger partial charge in [0.2, 0.25) is 5.88 Å². The highest BCUT2D eigenvalue weighted by Gasteiger charge is 2.39. The van der Waals surface area contributed by atoms with Gasteiger partial charge in [0.25, 0.3) is 0 Å². The third kappa shape index (κ3) is 2.44. The first-order valence-electron chi connectivity index (χ1n) is 7.09. The van der Waals surface area contributed by atoms with E-state index in [9.17, 15) is 14.0 Å². The first-order chi connectivity index (χ1) is 11.4. The Bertz CT molecular complexity index is 915. The molecule has 1 aliphatic heterocycles. The van der Waals surface area contributed by atoms with Gasteiger partial charge in [-0.25, -0.2) is 14.0 Å². The molecule has 1 aromatic heterocycles. The fourth-order valence-corrected chi connectivity index (χ4v) is 2.75. The predicted molar refractivity (Wildman–Crippen MR) is 81.8 cm³/mol. The van der Waals surface area contributed by atoms with E-state index in [1.54, 1.807) is 13.0 Å². The van der Waals surface area contributed by atoms with E-state index in [-0.39, 0.29) is 28.3 Å². The third-order valence-electron chi connectivity index (χ3n) is 3.76. The number of hydrogen-bond donors (Lipinski definition) is 1. The number of aryl methyl sites for hydroxylation is 1. The quantitative estimate of drug-likeness (QED) is 0.846. The summed E-state index contributed by atoms with van der Waals surface area (Å²) in [4.78, 5) is 24.5. The van der Waals surface area contributed by atoms with E-state index in [0.717, 1.165) is 7.11 Å². The molecule has 2 aromatic rings. The summed E-state index contributed by atoms with van der Waals surface area (Å²) in [7, 11) is 1.16. The zero-order chi connectivity index (χ0) is 17.4. The van der Waals surface area contributed by atoms with Crippen LogP contribution in [0, 0.1) is 12.7 Å². The number of carbonyl (C=O) groups is 1. The highest BCUT2D eigenvalue weighted by Crippen LogP contribution is 2.41. The lowest BCUT2D eigenvalue weighted by atomic mass is 9.83. The minimum atomic E-state index is -1.08. The lowest BCUT2D eigenvalue weighted by Gasteiger charge is -2.27. The molecule has 2 heterocycles. The molecular formula is C17H14FNO5. The molecule has 1 aromatic carbocycles. The van der Waals surface area contributed by atoms with Crippen LogP contribution < -0.4 is 16.1 Å². The summed E-state index contributed by atoms with van der Waals surface area (Å²) < 4.78 is 29.6. The maximum Gasteiger partial charge on any atom is 0.343 e. The summed E-state index contributed by atoms with van der Waals surface area (Å²) in [5, 5.41) is 0. The zero-order valence-electron chi connectivity index (χ0n) is 13.0. The molecule has 0 saturated heterocycles. The molecule has 0 aliphatic carbocycles. The van der Waals surface area contributed by atoms with Crippen molar-refractivity contribution in [2.24, 2.45) is 5.73 Å². The van der Waals surface area contributed by atoms with Gasteiger partial charge >= 0.3 is 11.6 Å². The molecule has 124 valence electrons.